The molecule has 0 atom stereocenters. The van der Waals surface area contributed by atoms with Crippen molar-refractivity contribution in [1.82, 2.24) is 15.4 Å². The van der Waals surface area contributed by atoms with E-state index >= 15 is 0 Å². The molecule has 0 unspecified atom stereocenters. The van der Waals surface area contributed by atoms with E-state index in [0.717, 1.165) is 17.1 Å². The third-order valence-electron chi connectivity index (χ3n) is 3.47. The predicted octanol–water partition coefficient (Wildman–Crippen LogP) is 1.03. The summed E-state index contributed by atoms with van der Waals surface area (Å²) >= 11 is 0. The molecule has 0 spiro atoms. The number of fused-ring (bicyclic) bond motifs is 1. The quantitative estimate of drug-likeness (QED) is 0.221. The second-order valence-electron chi connectivity index (χ2n) is 5.19. The van der Waals surface area contributed by atoms with Gasteiger partial charge in [-0.2, -0.15) is 0 Å². The molecule has 0 bridgehead atoms. The summed E-state index contributed by atoms with van der Waals surface area (Å²) in [7, 11) is -1.43. The fraction of sp³-hybridized carbons (Fsp3) is 0.533. The first-order valence-corrected chi connectivity index (χ1v) is 9.49. The number of benzene rings is 1. The van der Waals surface area contributed by atoms with Gasteiger partial charge in [0.05, 0.1) is 5.75 Å². The Bertz CT molecular complexity index is 682. The van der Waals surface area contributed by atoms with Crippen molar-refractivity contribution < 1.29 is 17.9 Å². The third kappa shape index (κ3) is 7.24. The number of ether oxygens (including phenoxy) is 2. The van der Waals surface area contributed by atoms with Gasteiger partial charge in [0, 0.05) is 26.7 Å². The summed E-state index contributed by atoms with van der Waals surface area (Å²) in [5.74, 6) is 2.27. The molecule has 1 aromatic rings. The van der Waals surface area contributed by atoms with E-state index in [-0.39, 0.29) is 36.5 Å². The number of aliphatic imine (C=N–C) groups is 1. The minimum absolute atomic E-state index is 0. The first-order chi connectivity index (χ1) is 11.5. The summed E-state index contributed by atoms with van der Waals surface area (Å²) in [6.45, 7) is 3.49. The number of rotatable bonds is 8. The number of guanidine groups is 1. The highest BCUT2D eigenvalue weighted by Crippen LogP contribution is 2.32. The van der Waals surface area contributed by atoms with Crippen molar-refractivity contribution in [2.45, 2.75) is 19.9 Å². The fourth-order valence-electron chi connectivity index (χ4n) is 2.08. The van der Waals surface area contributed by atoms with Crippen molar-refractivity contribution in [3.05, 3.63) is 23.8 Å². The third-order valence-corrected chi connectivity index (χ3v) is 4.87. The smallest absolute Gasteiger partial charge is 0.231 e. The fourth-order valence-corrected chi connectivity index (χ4v) is 2.74. The Hall–Kier alpha value is -1.27. The number of halogens is 1. The maximum atomic E-state index is 11.3. The molecule has 0 fully saturated rings. The molecule has 1 heterocycles. The van der Waals surface area contributed by atoms with Gasteiger partial charge in [0.15, 0.2) is 17.5 Å². The SMILES string of the molecule is CCS(=O)(=O)NCCCNC(=NC)NCc1ccc2c(c1)OCO2.I. The number of sulfonamides is 1. The second kappa shape index (κ2) is 10.7. The zero-order chi connectivity index (χ0) is 17.4. The van der Waals surface area contributed by atoms with E-state index in [9.17, 15) is 8.42 Å². The van der Waals surface area contributed by atoms with Gasteiger partial charge in [-0.1, -0.05) is 6.07 Å². The molecule has 8 nitrogen and oxygen atoms in total. The molecule has 0 saturated heterocycles. The monoisotopic (exact) mass is 484 g/mol. The average molecular weight is 484 g/mol. The lowest BCUT2D eigenvalue weighted by Gasteiger charge is -2.12. The van der Waals surface area contributed by atoms with E-state index in [0.29, 0.717) is 32.0 Å². The Morgan fingerprint density at radius 3 is 2.68 bits per heavy atom. The van der Waals surface area contributed by atoms with Gasteiger partial charge in [-0.05, 0) is 31.0 Å². The van der Waals surface area contributed by atoms with Crippen LogP contribution in [0.1, 0.15) is 18.9 Å². The summed E-state index contributed by atoms with van der Waals surface area (Å²) in [4.78, 5) is 4.14. The van der Waals surface area contributed by atoms with Crippen molar-refractivity contribution in [3.63, 3.8) is 0 Å². The Labute approximate surface area is 165 Å². The molecule has 142 valence electrons. The number of nitrogens with zero attached hydrogens (tertiary/aromatic N) is 1. The average Bonchev–Trinajstić information content (AvgIpc) is 3.05. The zero-order valence-corrected chi connectivity index (χ0v) is 17.5. The molecule has 10 heteroatoms. The van der Waals surface area contributed by atoms with Crippen molar-refractivity contribution in [3.8, 4) is 11.5 Å². The summed E-state index contributed by atoms with van der Waals surface area (Å²) in [6.07, 6.45) is 0.671. The van der Waals surface area contributed by atoms with Gasteiger partial charge < -0.3 is 20.1 Å². The van der Waals surface area contributed by atoms with Crippen LogP contribution in [0.4, 0.5) is 0 Å². The molecule has 0 amide bonds. The van der Waals surface area contributed by atoms with E-state index in [1.807, 2.05) is 18.2 Å². The molecule has 3 N–H and O–H groups in total. The Kier molecular flexibility index (Phi) is 9.28. The Balaban J connectivity index is 0.00000312. The van der Waals surface area contributed by atoms with Crippen molar-refractivity contribution in [2.24, 2.45) is 4.99 Å². The molecule has 2 rings (SSSR count). The maximum absolute atomic E-state index is 11.3. The molecule has 0 aromatic heterocycles. The molecule has 0 radical (unpaired) electrons. The molecule has 0 aliphatic carbocycles. The van der Waals surface area contributed by atoms with E-state index in [2.05, 4.69) is 20.3 Å². The lowest BCUT2D eigenvalue weighted by molar-refractivity contribution is 0.174. The minimum atomic E-state index is -3.12. The number of hydrogen-bond donors (Lipinski definition) is 3. The van der Waals surface area contributed by atoms with Crippen molar-refractivity contribution >= 4 is 40.0 Å². The van der Waals surface area contributed by atoms with Gasteiger partial charge in [0.25, 0.3) is 0 Å². The highest BCUT2D eigenvalue weighted by Gasteiger charge is 2.13. The van der Waals surface area contributed by atoms with Gasteiger partial charge >= 0.3 is 0 Å². The molecule has 1 aliphatic rings. The first-order valence-electron chi connectivity index (χ1n) is 7.84. The number of nitrogens with one attached hydrogen (secondary N) is 3. The molecule has 0 saturated carbocycles. The Morgan fingerprint density at radius 2 is 1.96 bits per heavy atom. The van der Waals surface area contributed by atoms with Gasteiger partial charge in [0.1, 0.15) is 0 Å². The topological polar surface area (TPSA) is 101 Å². The van der Waals surface area contributed by atoms with Crippen LogP contribution in [0.2, 0.25) is 0 Å². The second-order valence-corrected chi connectivity index (χ2v) is 7.29. The largest absolute Gasteiger partial charge is 0.454 e. The van der Waals surface area contributed by atoms with Crippen LogP contribution < -0.4 is 24.8 Å². The van der Waals surface area contributed by atoms with Crippen LogP contribution in [-0.2, 0) is 16.6 Å². The van der Waals surface area contributed by atoms with Gasteiger partial charge in [0.2, 0.25) is 16.8 Å². The first kappa shape index (κ1) is 21.8. The molecular formula is C15H25IN4O4S. The predicted molar refractivity (Wildman–Crippen MR) is 108 cm³/mol. The Morgan fingerprint density at radius 1 is 1.20 bits per heavy atom. The van der Waals surface area contributed by atoms with Crippen LogP contribution in [-0.4, -0.2) is 47.1 Å². The molecular weight excluding hydrogens is 459 g/mol. The standard InChI is InChI=1S/C15H24N4O4S.HI/c1-3-24(20,21)19-8-4-7-17-15(16-2)18-10-12-5-6-13-14(9-12)23-11-22-13;/h5-6,9,19H,3-4,7-8,10-11H2,1-2H3,(H2,16,17,18);1H. The van der Waals surface area contributed by atoms with Crippen LogP contribution in [0.25, 0.3) is 0 Å². The number of hydrogen-bond acceptors (Lipinski definition) is 5. The maximum Gasteiger partial charge on any atom is 0.231 e. The summed E-state index contributed by atoms with van der Waals surface area (Å²) in [6, 6.07) is 5.78. The van der Waals surface area contributed by atoms with Crippen LogP contribution in [0.5, 0.6) is 11.5 Å². The van der Waals surface area contributed by atoms with E-state index in [1.54, 1.807) is 14.0 Å². The van der Waals surface area contributed by atoms with Crippen LogP contribution in [0, 0.1) is 0 Å². The van der Waals surface area contributed by atoms with Crippen LogP contribution >= 0.6 is 24.0 Å². The van der Waals surface area contributed by atoms with Gasteiger partial charge in [-0.25, -0.2) is 13.1 Å². The molecule has 1 aromatic carbocycles. The van der Waals surface area contributed by atoms with Crippen molar-refractivity contribution in [1.29, 1.82) is 0 Å². The van der Waals surface area contributed by atoms with E-state index in [1.165, 1.54) is 0 Å². The van der Waals surface area contributed by atoms with Gasteiger partial charge in [-0.15, -0.1) is 24.0 Å². The lowest BCUT2D eigenvalue weighted by atomic mass is 10.2. The normalized spacial score (nSPS) is 13.3. The van der Waals surface area contributed by atoms with Crippen molar-refractivity contribution in [2.75, 3.05) is 32.7 Å². The minimum Gasteiger partial charge on any atom is -0.454 e. The zero-order valence-electron chi connectivity index (χ0n) is 14.4. The van der Waals surface area contributed by atoms with Crippen LogP contribution in [0.3, 0.4) is 0 Å². The highest BCUT2D eigenvalue weighted by molar-refractivity contribution is 14.0. The summed E-state index contributed by atoms with van der Waals surface area (Å²) in [5.41, 5.74) is 1.05. The summed E-state index contributed by atoms with van der Waals surface area (Å²) in [5, 5.41) is 6.34. The van der Waals surface area contributed by atoms with Gasteiger partial charge in [-0.3, -0.25) is 4.99 Å². The highest BCUT2D eigenvalue weighted by atomic mass is 127. The lowest BCUT2D eigenvalue weighted by Crippen LogP contribution is -2.38. The summed E-state index contributed by atoms with van der Waals surface area (Å²) < 4.78 is 35.8. The molecule has 1 aliphatic heterocycles. The van der Waals surface area contributed by atoms with Crippen LogP contribution in [0.15, 0.2) is 23.2 Å². The molecule has 25 heavy (non-hydrogen) atoms. The van der Waals surface area contributed by atoms with E-state index in [4.69, 9.17) is 9.47 Å². The van der Waals surface area contributed by atoms with E-state index < -0.39 is 10.0 Å².